The summed E-state index contributed by atoms with van der Waals surface area (Å²) in [4.78, 5) is 0.631. The van der Waals surface area contributed by atoms with Gasteiger partial charge in [0.25, 0.3) is 0 Å². The summed E-state index contributed by atoms with van der Waals surface area (Å²) in [6.07, 6.45) is 0. The highest BCUT2D eigenvalue weighted by Crippen LogP contribution is 2.33. The van der Waals surface area contributed by atoms with E-state index in [0.717, 1.165) is 0 Å². The molecule has 0 aromatic heterocycles. The lowest BCUT2D eigenvalue weighted by molar-refractivity contribution is 0.453. The number of hydrogen-bond acceptors (Lipinski definition) is 3. The quantitative estimate of drug-likeness (QED) is 0.875. The van der Waals surface area contributed by atoms with E-state index in [-0.39, 0.29) is 11.5 Å². The predicted molar refractivity (Wildman–Crippen MR) is 70.4 cm³/mol. The van der Waals surface area contributed by atoms with Crippen LogP contribution in [0.4, 0.5) is 0 Å². The third-order valence-corrected chi connectivity index (χ3v) is 4.26. The molecule has 0 aliphatic heterocycles. The number of benzene rings is 2. The van der Waals surface area contributed by atoms with Crippen LogP contribution in [-0.4, -0.2) is 14.4 Å². The summed E-state index contributed by atoms with van der Waals surface area (Å²) in [5.74, 6) is 0.0217. The van der Waals surface area contributed by atoms with Gasteiger partial charge in [0, 0.05) is 0 Å². The summed E-state index contributed by atoms with van der Waals surface area (Å²) in [5.41, 5.74) is 1.32. The number of aromatic hydroxyl groups is 2. The van der Waals surface area contributed by atoms with E-state index in [2.05, 4.69) is 0 Å². The van der Waals surface area contributed by atoms with Crippen molar-refractivity contribution in [3.05, 3.63) is 47.5 Å². The minimum absolute atomic E-state index is 0.0109. The van der Waals surface area contributed by atoms with Crippen LogP contribution in [-0.2, 0) is 10.8 Å². The van der Waals surface area contributed by atoms with Crippen LogP contribution in [0.2, 0.25) is 0 Å². The molecule has 18 heavy (non-hydrogen) atoms. The van der Waals surface area contributed by atoms with Crippen molar-refractivity contribution in [2.24, 2.45) is 0 Å². The molecular formula is C14H14O3S. The van der Waals surface area contributed by atoms with Crippen molar-refractivity contribution in [2.45, 2.75) is 23.6 Å². The lowest BCUT2D eigenvalue weighted by Crippen LogP contribution is -1.96. The van der Waals surface area contributed by atoms with Gasteiger partial charge >= 0.3 is 0 Å². The Kier molecular flexibility index (Phi) is 3.39. The molecule has 0 aliphatic rings. The maximum atomic E-state index is 12.4. The number of phenols is 2. The topological polar surface area (TPSA) is 57.5 Å². The molecule has 0 saturated carbocycles. The SMILES string of the molecule is Cc1cccc(S(=O)c2cccc(C)c2O)c1O. The van der Waals surface area contributed by atoms with Crippen molar-refractivity contribution in [2.75, 3.05) is 0 Å². The van der Waals surface area contributed by atoms with Gasteiger partial charge in [0.15, 0.2) is 0 Å². The van der Waals surface area contributed by atoms with Crippen molar-refractivity contribution in [3.8, 4) is 11.5 Å². The fourth-order valence-electron chi connectivity index (χ4n) is 1.68. The molecule has 3 nitrogen and oxygen atoms in total. The Labute approximate surface area is 108 Å². The summed E-state index contributed by atoms with van der Waals surface area (Å²) < 4.78 is 12.4. The maximum Gasteiger partial charge on any atom is 0.134 e. The van der Waals surface area contributed by atoms with Crippen molar-refractivity contribution >= 4 is 10.8 Å². The van der Waals surface area contributed by atoms with Crippen LogP contribution in [0.1, 0.15) is 11.1 Å². The van der Waals surface area contributed by atoms with Crippen LogP contribution in [0.5, 0.6) is 11.5 Å². The molecule has 0 spiro atoms. The molecule has 0 saturated heterocycles. The molecule has 0 fully saturated rings. The average Bonchev–Trinajstić information content (AvgIpc) is 2.35. The fraction of sp³-hybridized carbons (Fsp3) is 0.143. The number of rotatable bonds is 2. The molecule has 2 aromatic carbocycles. The van der Waals surface area contributed by atoms with Gasteiger partial charge < -0.3 is 10.2 Å². The smallest absolute Gasteiger partial charge is 0.134 e. The Morgan fingerprint density at radius 1 is 0.833 bits per heavy atom. The second-order valence-electron chi connectivity index (χ2n) is 4.11. The highest BCUT2D eigenvalue weighted by Gasteiger charge is 2.17. The Hall–Kier alpha value is -1.81. The minimum atomic E-state index is -1.59. The Bertz CT molecular complexity index is 567. The van der Waals surface area contributed by atoms with Crippen LogP contribution in [0.15, 0.2) is 46.2 Å². The molecule has 94 valence electrons. The third-order valence-electron chi connectivity index (χ3n) is 2.80. The van der Waals surface area contributed by atoms with Crippen molar-refractivity contribution in [1.82, 2.24) is 0 Å². The first kappa shape index (κ1) is 12.6. The molecular weight excluding hydrogens is 248 g/mol. The predicted octanol–water partition coefficient (Wildman–Crippen LogP) is 2.88. The molecule has 0 bridgehead atoms. The van der Waals surface area contributed by atoms with Gasteiger partial charge in [-0.3, -0.25) is 0 Å². The number of phenolic OH excluding ortho intramolecular Hbond substituents is 2. The normalized spacial score (nSPS) is 10.8. The van der Waals surface area contributed by atoms with E-state index in [4.69, 9.17) is 0 Å². The van der Waals surface area contributed by atoms with Gasteiger partial charge in [-0.25, -0.2) is 4.21 Å². The van der Waals surface area contributed by atoms with Crippen molar-refractivity contribution in [3.63, 3.8) is 0 Å². The number of hydrogen-bond donors (Lipinski definition) is 2. The van der Waals surface area contributed by atoms with E-state index in [1.165, 1.54) is 0 Å². The maximum absolute atomic E-state index is 12.4. The van der Waals surface area contributed by atoms with Crippen LogP contribution in [0.3, 0.4) is 0 Å². The second kappa shape index (κ2) is 4.82. The van der Waals surface area contributed by atoms with E-state index < -0.39 is 10.8 Å². The molecule has 0 amide bonds. The zero-order valence-electron chi connectivity index (χ0n) is 10.2. The first-order valence-electron chi connectivity index (χ1n) is 5.51. The van der Waals surface area contributed by atoms with Gasteiger partial charge in [-0.05, 0) is 37.1 Å². The molecule has 4 heteroatoms. The summed E-state index contributed by atoms with van der Waals surface area (Å²) in [5, 5.41) is 19.8. The fourth-order valence-corrected chi connectivity index (χ4v) is 3.00. The van der Waals surface area contributed by atoms with E-state index >= 15 is 0 Å². The van der Waals surface area contributed by atoms with Gasteiger partial charge in [-0.1, -0.05) is 24.3 Å². The Morgan fingerprint density at radius 3 is 1.61 bits per heavy atom. The molecule has 0 atom stereocenters. The third kappa shape index (κ3) is 2.11. The van der Waals surface area contributed by atoms with E-state index in [1.54, 1.807) is 50.2 Å². The molecule has 2 N–H and O–H groups in total. The Balaban J connectivity index is 2.55. The minimum Gasteiger partial charge on any atom is -0.506 e. The van der Waals surface area contributed by atoms with E-state index in [0.29, 0.717) is 20.9 Å². The average molecular weight is 262 g/mol. The van der Waals surface area contributed by atoms with Crippen LogP contribution < -0.4 is 0 Å². The van der Waals surface area contributed by atoms with Crippen molar-refractivity contribution < 1.29 is 14.4 Å². The van der Waals surface area contributed by atoms with Gasteiger partial charge in [-0.15, -0.1) is 0 Å². The van der Waals surface area contributed by atoms with Gasteiger partial charge in [0.05, 0.1) is 20.6 Å². The molecule has 2 aromatic rings. The van der Waals surface area contributed by atoms with Crippen LogP contribution >= 0.6 is 0 Å². The zero-order valence-corrected chi connectivity index (χ0v) is 11.0. The van der Waals surface area contributed by atoms with Gasteiger partial charge in [0.2, 0.25) is 0 Å². The lowest BCUT2D eigenvalue weighted by atomic mass is 10.2. The standard InChI is InChI=1S/C14H14O3S/c1-9-5-3-7-11(13(9)15)18(17)12-8-4-6-10(2)14(12)16/h3-8,15-16H,1-2H3. The van der Waals surface area contributed by atoms with Gasteiger partial charge in [0.1, 0.15) is 11.5 Å². The molecule has 0 aliphatic carbocycles. The highest BCUT2D eigenvalue weighted by molar-refractivity contribution is 7.85. The first-order valence-corrected chi connectivity index (χ1v) is 6.66. The summed E-state index contributed by atoms with van der Waals surface area (Å²) in [6, 6.07) is 10.1. The first-order chi connectivity index (χ1) is 8.52. The summed E-state index contributed by atoms with van der Waals surface area (Å²) >= 11 is 0. The van der Waals surface area contributed by atoms with Gasteiger partial charge in [-0.2, -0.15) is 0 Å². The molecule has 0 unspecified atom stereocenters. The largest absolute Gasteiger partial charge is 0.506 e. The second-order valence-corrected chi connectivity index (χ2v) is 5.53. The van der Waals surface area contributed by atoms with Crippen molar-refractivity contribution in [1.29, 1.82) is 0 Å². The van der Waals surface area contributed by atoms with Crippen LogP contribution in [0.25, 0.3) is 0 Å². The molecule has 0 radical (unpaired) electrons. The summed E-state index contributed by atoms with van der Waals surface area (Å²) in [6.45, 7) is 3.48. The zero-order chi connectivity index (χ0) is 13.3. The highest BCUT2D eigenvalue weighted by atomic mass is 32.2. The van der Waals surface area contributed by atoms with E-state index in [1.807, 2.05) is 0 Å². The number of aryl methyl sites for hydroxylation is 2. The monoisotopic (exact) mass is 262 g/mol. The lowest BCUT2D eigenvalue weighted by Gasteiger charge is -2.09. The molecule has 2 rings (SSSR count). The Morgan fingerprint density at radius 2 is 1.22 bits per heavy atom. The number of para-hydroxylation sites is 2. The van der Waals surface area contributed by atoms with E-state index in [9.17, 15) is 14.4 Å². The van der Waals surface area contributed by atoms with Crippen LogP contribution in [0, 0.1) is 13.8 Å². The summed E-state index contributed by atoms with van der Waals surface area (Å²) in [7, 11) is -1.59. The molecule has 0 heterocycles.